The van der Waals surface area contributed by atoms with Crippen LogP contribution in [0.4, 0.5) is 24.8 Å². The number of hydrogen-bond donors (Lipinski definition) is 2. The molecule has 0 aliphatic heterocycles. The third-order valence-electron chi connectivity index (χ3n) is 3.21. The first kappa shape index (κ1) is 13.5. The quantitative estimate of drug-likeness (QED) is 0.722. The van der Waals surface area contributed by atoms with E-state index in [0.29, 0.717) is 17.2 Å². The van der Waals surface area contributed by atoms with Crippen LogP contribution in [0.5, 0.6) is 0 Å². The maximum absolute atomic E-state index is 12.8. The van der Waals surface area contributed by atoms with Crippen LogP contribution < -0.4 is 5.32 Å². The molecule has 2 N–H and O–H groups in total. The molecule has 3 rings (SSSR count). The lowest BCUT2D eigenvalue weighted by Gasteiger charge is -2.11. The van der Waals surface area contributed by atoms with Gasteiger partial charge in [0, 0.05) is 5.69 Å². The average Bonchev–Trinajstić information content (AvgIpc) is 2.82. The van der Waals surface area contributed by atoms with E-state index < -0.39 is 11.7 Å². The van der Waals surface area contributed by atoms with Gasteiger partial charge in [0.1, 0.15) is 0 Å². The molecule has 0 spiro atoms. The number of hydrogen-bond acceptors (Lipinski definition) is 2. The Morgan fingerprint density at radius 3 is 2.57 bits per heavy atom. The maximum Gasteiger partial charge on any atom is 0.416 e. The van der Waals surface area contributed by atoms with E-state index in [1.165, 1.54) is 6.07 Å². The molecule has 2 aromatic carbocycles. The number of benzene rings is 2. The number of halogens is 3. The van der Waals surface area contributed by atoms with Gasteiger partial charge in [0.15, 0.2) is 0 Å². The Hall–Kier alpha value is -2.50. The van der Waals surface area contributed by atoms with Crippen molar-refractivity contribution >= 4 is 22.7 Å². The number of nitrogens with one attached hydrogen (secondary N) is 2. The molecular weight excluding hydrogens is 279 g/mol. The number of rotatable bonds is 2. The summed E-state index contributed by atoms with van der Waals surface area (Å²) in [6, 6.07) is 11.0. The van der Waals surface area contributed by atoms with Gasteiger partial charge >= 0.3 is 6.18 Å². The summed E-state index contributed by atoms with van der Waals surface area (Å²) in [5.74, 6) is 0.415. The van der Waals surface area contributed by atoms with E-state index in [4.69, 9.17) is 0 Å². The topological polar surface area (TPSA) is 40.7 Å². The van der Waals surface area contributed by atoms with Crippen molar-refractivity contribution in [3.05, 3.63) is 53.6 Å². The number of nitrogens with zero attached hydrogens (tertiary/aromatic N) is 1. The highest BCUT2D eigenvalue weighted by molar-refractivity contribution is 5.78. The second-order valence-electron chi connectivity index (χ2n) is 4.76. The van der Waals surface area contributed by atoms with E-state index in [-0.39, 0.29) is 0 Å². The maximum atomic E-state index is 12.8. The zero-order valence-corrected chi connectivity index (χ0v) is 11.1. The summed E-state index contributed by atoms with van der Waals surface area (Å²) in [7, 11) is 0. The molecule has 0 saturated carbocycles. The molecule has 0 atom stereocenters. The predicted octanol–water partition coefficient (Wildman–Crippen LogP) is 4.63. The molecular formula is C15H12F3N3. The van der Waals surface area contributed by atoms with Crippen LogP contribution in [0.25, 0.3) is 11.0 Å². The van der Waals surface area contributed by atoms with Crippen LogP contribution in [0.1, 0.15) is 11.1 Å². The molecule has 1 heterocycles. The van der Waals surface area contributed by atoms with Gasteiger partial charge in [0.2, 0.25) is 5.95 Å². The molecule has 1 aromatic heterocycles. The Kier molecular flexibility index (Phi) is 3.08. The van der Waals surface area contributed by atoms with Gasteiger partial charge in [-0.3, -0.25) is 0 Å². The normalized spacial score (nSPS) is 11.8. The van der Waals surface area contributed by atoms with Crippen molar-refractivity contribution < 1.29 is 13.2 Å². The minimum atomic E-state index is -4.36. The van der Waals surface area contributed by atoms with Gasteiger partial charge in [-0.2, -0.15) is 13.2 Å². The summed E-state index contributed by atoms with van der Waals surface area (Å²) < 4.78 is 38.3. The number of para-hydroxylation sites is 2. The Balaban J connectivity index is 1.97. The summed E-state index contributed by atoms with van der Waals surface area (Å²) in [5, 5.41) is 2.91. The van der Waals surface area contributed by atoms with Crippen molar-refractivity contribution in [1.82, 2.24) is 9.97 Å². The Bertz CT molecular complexity index is 757. The second kappa shape index (κ2) is 4.80. The van der Waals surface area contributed by atoms with Crippen molar-refractivity contribution in [3.63, 3.8) is 0 Å². The Labute approximate surface area is 118 Å². The fraction of sp³-hybridized carbons (Fsp3) is 0.133. The van der Waals surface area contributed by atoms with E-state index in [2.05, 4.69) is 15.3 Å². The first-order valence-corrected chi connectivity index (χ1v) is 6.33. The minimum absolute atomic E-state index is 0.379. The second-order valence-corrected chi connectivity index (χ2v) is 4.76. The number of anilines is 2. The molecule has 3 aromatic rings. The summed E-state index contributed by atoms with van der Waals surface area (Å²) in [5.41, 5.74) is 1.98. The Morgan fingerprint density at radius 1 is 1.10 bits per heavy atom. The number of imidazole rings is 1. The number of fused-ring (bicyclic) bond motifs is 1. The standard InChI is InChI=1S/C15H12F3N3/c1-9-6-7-10(15(16,17)18)8-13(9)21-14-19-11-4-2-3-5-12(11)20-14/h2-8H,1H3,(H2,19,20,21). The largest absolute Gasteiger partial charge is 0.416 e. The lowest BCUT2D eigenvalue weighted by molar-refractivity contribution is -0.137. The first-order valence-electron chi connectivity index (χ1n) is 6.33. The fourth-order valence-electron chi connectivity index (χ4n) is 2.07. The third-order valence-corrected chi connectivity index (χ3v) is 3.21. The van der Waals surface area contributed by atoms with E-state index in [0.717, 1.165) is 23.2 Å². The number of alkyl halides is 3. The zero-order valence-electron chi connectivity index (χ0n) is 11.1. The average molecular weight is 291 g/mol. The lowest BCUT2D eigenvalue weighted by atomic mass is 10.1. The number of H-pyrrole nitrogens is 1. The molecule has 0 radical (unpaired) electrons. The number of aromatic amines is 1. The lowest BCUT2D eigenvalue weighted by Crippen LogP contribution is -2.06. The number of aromatic nitrogens is 2. The van der Waals surface area contributed by atoms with Crippen molar-refractivity contribution in [2.24, 2.45) is 0 Å². The fourth-order valence-corrected chi connectivity index (χ4v) is 2.07. The summed E-state index contributed by atoms with van der Waals surface area (Å²) >= 11 is 0. The van der Waals surface area contributed by atoms with Gasteiger partial charge in [0.25, 0.3) is 0 Å². The Morgan fingerprint density at radius 2 is 1.86 bits per heavy atom. The molecule has 6 heteroatoms. The molecule has 0 aliphatic carbocycles. The van der Waals surface area contributed by atoms with Crippen molar-refractivity contribution in [3.8, 4) is 0 Å². The molecule has 21 heavy (non-hydrogen) atoms. The molecule has 0 unspecified atom stereocenters. The van der Waals surface area contributed by atoms with Crippen LogP contribution in [0.2, 0.25) is 0 Å². The highest BCUT2D eigenvalue weighted by Gasteiger charge is 2.30. The SMILES string of the molecule is Cc1ccc(C(F)(F)F)cc1Nc1nc2ccccc2[nH]1. The third kappa shape index (κ3) is 2.69. The van der Waals surface area contributed by atoms with Crippen LogP contribution in [0.3, 0.4) is 0 Å². The van der Waals surface area contributed by atoms with Gasteiger partial charge in [0.05, 0.1) is 16.6 Å². The molecule has 0 fully saturated rings. The highest BCUT2D eigenvalue weighted by Crippen LogP contribution is 2.32. The van der Waals surface area contributed by atoms with Gasteiger partial charge < -0.3 is 10.3 Å². The van der Waals surface area contributed by atoms with E-state index in [9.17, 15) is 13.2 Å². The monoisotopic (exact) mass is 291 g/mol. The predicted molar refractivity (Wildman–Crippen MR) is 75.6 cm³/mol. The van der Waals surface area contributed by atoms with E-state index in [1.54, 1.807) is 6.92 Å². The van der Waals surface area contributed by atoms with E-state index >= 15 is 0 Å². The highest BCUT2D eigenvalue weighted by atomic mass is 19.4. The summed E-state index contributed by atoms with van der Waals surface area (Å²) in [6.07, 6.45) is -4.36. The molecule has 0 amide bonds. The number of aryl methyl sites for hydroxylation is 1. The van der Waals surface area contributed by atoms with Crippen molar-refractivity contribution in [2.45, 2.75) is 13.1 Å². The molecule has 0 saturated heterocycles. The van der Waals surface area contributed by atoms with Gasteiger partial charge in [-0.05, 0) is 36.8 Å². The summed E-state index contributed by atoms with van der Waals surface area (Å²) in [4.78, 5) is 7.32. The first-order chi connectivity index (χ1) is 9.93. The smallest absolute Gasteiger partial charge is 0.326 e. The molecule has 0 bridgehead atoms. The van der Waals surface area contributed by atoms with Crippen LogP contribution in [-0.2, 0) is 6.18 Å². The van der Waals surface area contributed by atoms with Crippen LogP contribution in [0, 0.1) is 6.92 Å². The van der Waals surface area contributed by atoms with Gasteiger partial charge in [-0.25, -0.2) is 4.98 Å². The minimum Gasteiger partial charge on any atom is -0.326 e. The summed E-state index contributed by atoms with van der Waals surface area (Å²) in [6.45, 7) is 1.74. The van der Waals surface area contributed by atoms with Crippen LogP contribution >= 0.6 is 0 Å². The van der Waals surface area contributed by atoms with Crippen molar-refractivity contribution in [2.75, 3.05) is 5.32 Å². The van der Waals surface area contributed by atoms with Gasteiger partial charge in [-0.1, -0.05) is 18.2 Å². The van der Waals surface area contributed by atoms with Gasteiger partial charge in [-0.15, -0.1) is 0 Å². The zero-order chi connectivity index (χ0) is 15.0. The van der Waals surface area contributed by atoms with E-state index in [1.807, 2.05) is 24.3 Å². The molecule has 108 valence electrons. The van der Waals surface area contributed by atoms with Crippen LogP contribution in [0.15, 0.2) is 42.5 Å². The molecule has 0 aliphatic rings. The van der Waals surface area contributed by atoms with Crippen molar-refractivity contribution in [1.29, 1.82) is 0 Å². The van der Waals surface area contributed by atoms with Crippen LogP contribution in [-0.4, -0.2) is 9.97 Å². The molecule has 3 nitrogen and oxygen atoms in total.